The van der Waals surface area contributed by atoms with Gasteiger partial charge in [-0.15, -0.1) is 0 Å². The first-order valence-electron chi connectivity index (χ1n) is 6.34. The van der Waals surface area contributed by atoms with Gasteiger partial charge in [-0.1, -0.05) is 0 Å². The molecule has 0 radical (unpaired) electrons. The van der Waals surface area contributed by atoms with Crippen LogP contribution in [0.1, 0.15) is 23.2 Å². The number of nitro groups is 1. The first-order valence-corrected chi connectivity index (χ1v) is 6.34. The number of hydrogen-bond acceptors (Lipinski definition) is 6. The van der Waals surface area contributed by atoms with Crippen LogP contribution in [-0.2, 0) is 4.79 Å². The Kier molecular flexibility index (Phi) is 4.33. The normalized spacial score (nSPS) is 17.8. The Morgan fingerprint density at radius 3 is 2.81 bits per heavy atom. The number of carbonyl (C=O) groups excluding carboxylic acids is 2. The second kappa shape index (κ2) is 6.18. The van der Waals surface area contributed by atoms with E-state index in [4.69, 9.17) is 5.84 Å². The Morgan fingerprint density at radius 1 is 1.48 bits per heavy atom. The van der Waals surface area contributed by atoms with Crippen LogP contribution in [0.4, 0.5) is 11.4 Å². The van der Waals surface area contributed by atoms with E-state index in [1.807, 2.05) is 0 Å². The molecule has 0 spiro atoms. The Hall–Kier alpha value is -2.68. The van der Waals surface area contributed by atoms with Gasteiger partial charge in [-0.05, 0) is 18.6 Å². The van der Waals surface area contributed by atoms with E-state index in [1.165, 1.54) is 12.1 Å². The van der Waals surface area contributed by atoms with E-state index in [2.05, 4.69) is 16.1 Å². The molecule has 1 aliphatic heterocycles. The number of hydrazine groups is 1. The number of nitrogens with one attached hydrogen (secondary N) is 3. The van der Waals surface area contributed by atoms with E-state index in [0.29, 0.717) is 19.4 Å². The maximum absolute atomic E-state index is 12.1. The molecule has 1 unspecified atom stereocenters. The van der Waals surface area contributed by atoms with Gasteiger partial charge >= 0.3 is 0 Å². The van der Waals surface area contributed by atoms with Crippen LogP contribution in [-0.4, -0.2) is 29.3 Å². The summed E-state index contributed by atoms with van der Waals surface area (Å²) in [7, 11) is 0. The molecule has 1 atom stereocenters. The lowest BCUT2D eigenvalue weighted by molar-refractivity contribution is -0.384. The molecule has 5 N–H and O–H groups in total. The van der Waals surface area contributed by atoms with E-state index in [1.54, 1.807) is 0 Å². The summed E-state index contributed by atoms with van der Waals surface area (Å²) >= 11 is 0. The van der Waals surface area contributed by atoms with Crippen LogP contribution < -0.4 is 21.9 Å². The third-order valence-electron chi connectivity index (χ3n) is 3.21. The van der Waals surface area contributed by atoms with Gasteiger partial charge in [0.2, 0.25) is 5.91 Å². The van der Waals surface area contributed by atoms with Crippen molar-refractivity contribution in [3.05, 3.63) is 33.9 Å². The second-order valence-corrected chi connectivity index (χ2v) is 4.65. The standard InChI is InChI=1S/C12H15N5O4/c13-16-9-3-1-7(5-10(9)17(20)21)12(19)15-8-2-4-11(18)14-6-8/h1,3,5,8,16H,2,4,6,13H2,(H,14,18)(H,15,19). The number of piperidine rings is 1. The van der Waals surface area contributed by atoms with Crippen molar-refractivity contribution in [2.24, 2.45) is 5.84 Å². The van der Waals surface area contributed by atoms with E-state index in [-0.39, 0.29) is 28.9 Å². The van der Waals surface area contributed by atoms with Gasteiger partial charge in [0.25, 0.3) is 11.6 Å². The van der Waals surface area contributed by atoms with Gasteiger partial charge in [-0.3, -0.25) is 25.5 Å². The third kappa shape index (κ3) is 3.45. The van der Waals surface area contributed by atoms with Crippen LogP contribution in [0.5, 0.6) is 0 Å². The molecule has 21 heavy (non-hydrogen) atoms. The number of nitrogens with zero attached hydrogens (tertiary/aromatic N) is 1. The molecule has 1 heterocycles. The molecule has 9 nitrogen and oxygen atoms in total. The molecule has 1 aromatic rings. The molecule has 0 aliphatic carbocycles. The van der Waals surface area contributed by atoms with Crippen LogP contribution in [0.2, 0.25) is 0 Å². The van der Waals surface area contributed by atoms with Crippen LogP contribution in [0.25, 0.3) is 0 Å². The summed E-state index contributed by atoms with van der Waals surface area (Å²) in [5, 5.41) is 16.3. The molecular weight excluding hydrogens is 278 g/mol. The average molecular weight is 293 g/mol. The minimum Gasteiger partial charge on any atom is -0.354 e. The average Bonchev–Trinajstić information content (AvgIpc) is 2.48. The molecule has 1 aromatic carbocycles. The zero-order valence-electron chi connectivity index (χ0n) is 11.1. The summed E-state index contributed by atoms with van der Waals surface area (Å²) in [4.78, 5) is 33.4. The lowest BCUT2D eigenvalue weighted by Crippen LogP contribution is -2.47. The minimum absolute atomic E-state index is 0.0468. The highest BCUT2D eigenvalue weighted by molar-refractivity contribution is 5.96. The van der Waals surface area contributed by atoms with Gasteiger partial charge in [0.1, 0.15) is 5.69 Å². The Balaban J connectivity index is 2.10. The fourth-order valence-corrected chi connectivity index (χ4v) is 2.07. The topological polar surface area (TPSA) is 139 Å². The Labute approximate surface area is 120 Å². The van der Waals surface area contributed by atoms with E-state index >= 15 is 0 Å². The van der Waals surface area contributed by atoms with Crippen molar-refractivity contribution < 1.29 is 14.5 Å². The van der Waals surface area contributed by atoms with Gasteiger partial charge in [0, 0.05) is 30.6 Å². The van der Waals surface area contributed by atoms with Crippen LogP contribution >= 0.6 is 0 Å². The van der Waals surface area contributed by atoms with Crippen molar-refractivity contribution in [3.63, 3.8) is 0 Å². The number of carbonyl (C=O) groups is 2. The third-order valence-corrected chi connectivity index (χ3v) is 3.21. The molecule has 9 heteroatoms. The smallest absolute Gasteiger partial charge is 0.294 e. The molecule has 112 valence electrons. The van der Waals surface area contributed by atoms with Crippen molar-refractivity contribution in [1.82, 2.24) is 10.6 Å². The summed E-state index contributed by atoms with van der Waals surface area (Å²) < 4.78 is 0. The summed E-state index contributed by atoms with van der Waals surface area (Å²) in [6.07, 6.45) is 0.892. The zero-order valence-corrected chi connectivity index (χ0v) is 11.1. The fraction of sp³-hybridized carbons (Fsp3) is 0.333. The fourth-order valence-electron chi connectivity index (χ4n) is 2.07. The van der Waals surface area contributed by atoms with Gasteiger partial charge in [-0.2, -0.15) is 0 Å². The Morgan fingerprint density at radius 2 is 2.24 bits per heavy atom. The number of anilines is 1. The van der Waals surface area contributed by atoms with Gasteiger partial charge in [0.15, 0.2) is 0 Å². The highest BCUT2D eigenvalue weighted by Crippen LogP contribution is 2.24. The van der Waals surface area contributed by atoms with Crippen LogP contribution in [0, 0.1) is 10.1 Å². The predicted octanol–water partition coefficient (Wildman–Crippen LogP) is -0.111. The summed E-state index contributed by atoms with van der Waals surface area (Å²) in [5.41, 5.74) is 2.22. The van der Waals surface area contributed by atoms with Gasteiger partial charge in [0.05, 0.1) is 4.92 Å². The molecule has 2 amide bonds. The lowest BCUT2D eigenvalue weighted by atomic mass is 10.1. The van der Waals surface area contributed by atoms with Crippen molar-refractivity contribution >= 4 is 23.2 Å². The lowest BCUT2D eigenvalue weighted by Gasteiger charge is -2.23. The predicted molar refractivity (Wildman–Crippen MR) is 74.4 cm³/mol. The van der Waals surface area contributed by atoms with E-state index in [0.717, 1.165) is 6.07 Å². The number of nitrogens with two attached hydrogens (primary N) is 1. The van der Waals surface area contributed by atoms with Gasteiger partial charge < -0.3 is 16.1 Å². The number of hydrogen-bond donors (Lipinski definition) is 4. The Bertz CT molecular complexity index is 579. The number of amides is 2. The zero-order chi connectivity index (χ0) is 15.4. The van der Waals surface area contributed by atoms with E-state index < -0.39 is 10.8 Å². The van der Waals surface area contributed by atoms with E-state index in [9.17, 15) is 19.7 Å². The number of nitro benzene ring substituents is 1. The first-order chi connectivity index (χ1) is 10.0. The second-order valence-electron chi connectivity index (χ2n) is 4.65. The van der Waals surface area contributed by atoms with Crippen molar-refractivity contribution in [1.29, 1.82) is 0 Å². The van der Waals surface area contributed by atoms with Crippen molar-refractivity contribution in [3.8, 4) is 0 Å². The maximum Gasteiger partial charge on any atom is 0.294 e. The highest BCUT2D eigenvalue weighted by atomic mass is 16.6. The monoisotopic (exact) mass is 293 g/mol. The van der Waals surface area contributed by atoms with Crippen LogP contribution in [0.3, 0.4) is 0 Å². The maximum atomic E-state index is 12.1. The molecule has 0 bridgehead atoms. The molecule has 2 rings (SSSR count). The summed E-state index contributed by atoms with van der Waals surface area (Å²) in [5.74, 6) is 4.71. The minimum atomic E-state index is -0.618. The van der Waals surface area contributed by atoms with Crippen molar-refractivity contribution in [2.45, 2.75) is 18.9 Å². The molecule has 1 fully saturated rings. The number of nitrogen functional groups attached to an aromatic ring is 1. The molecular formula is C12H15N5O4. The first kappa shape index (κ1) is 14.7. The SMILES string of the molecule is NNc1ccc(C(=O)NC2CCC(=O)NC2)cc1[N+](=O)[O-]. The molecule has 0 saturated carbocycles. The summed E-state index contributed by atoms with van der Waals surface area (Å²) in [6, 6.07) is 3.79. The van der Waals surface area contributed by atoms with Crippen molar-refractivity contribution in [2.75, 3.05) is 12.0 Å². The number of benzene rings is 1. The molecule has 1 aliphatic rings. The molecule has 0 aromatic heterocycles. The molecule has 1 saturated heterocycles. The largest absolute Gasteiger partial charge is 0.354 e. The van der Waals surface area contributed by atoms with Gasteiger partial charge in [-0.25, -0.2) is 0 Å². The highest BCUT2D eigenvalue weighted by Gasteiger charge is 2.22. The summed E-state index contributed by atoms with van der Waals surface area (Å²) in [6.45, 7) is 0.356. The van der Waals surface area contributed by atoms with Crippen LogP contribution in [0.15, 0.2) is 18.2 Å². The number of rotatable bonds is 4. The quantitative estimate of drug-likeness (QED) is 0.347.